The zero-order valence-corrected chi connectivity index (χ0v) is 11.0. The van der Waals surface area contributed by atoms with Crippen LogP contribution in [0.5, 0.6) is 0 Å². The number of anilines is 1. The Morgan fingerprint density at radius 1 is 1.50 bits per heavy atom. The van der Waals surface area contributed by atoms with E-state index in [0.717, 1.165) is 11.0 Å². The number of benzene rings is 1. The molecule has 3 N–H and O–H groups in total. The SMILES string of the molecule is CN(C)CCNC(=O)c1cc(N)ccc1Br. The summed E-state index contributed by atoms with van der Waals surface area (Å²) in [6, 6.07) is 5.19. The second kappa shape index (κ2) is 5.86. The van der Waals surface area contributed by atoms with Crippen molar-refractivity contribution in [3.63, 3.8) is 0 Å². The minimum atomic E-state index is -0.110. The van der Waals surface area contributed by atoms with Crippen molar-refractivity contribution >= 4 is 27.5 Å². The number of amides is 1. The number of halogens is 1. The highest BCUT2D eigenvalue weighted by molar-refractivity contribution is 9.10. The number of hydrogen-bond acceptors (Lipinski definition) is 3. The van der Waals surface area contributed by atoms with Gasteiger partial charge in [-0.15, -0.1) is 0 Å². The molecule has 88 valence electrons. The Labute approximate surface area is 104 Å². The fourth-order valence-corrected chi connectivity index (χ4v) is 1.63. The molecule has 0 aliphatic rings. The fraction of sp³-hybridized carbons (Fsp3) is 0.364. The molecule has 0 aliphatic heterocycles. The lowest BCUT2D eigenvalue weighted by molar-refractivity contribution is 0.0950. The number of nitrogens with one attached hydrogen (secondary N) is 1. The molecular formula is C11H16BrN3O. The summed E-state index contributed by atoms with van der Waals surface area (Å²) < 4.78 is 0.754. The first kappa shape index (κ1) is 13.0. The van der Waals surface area contributed by atoms with Crippen LogP contribution in [0.3, 0.4) is 0 Å². The van der Waals surface area contributed by atoms with Gasteiger partial charge in [0.1, 0.15) is 0 Å². The van der Waals surface area contributed by atoms with Gasteiger partial charge >= 0.3 is 0 Å². The number of nitrogen functional groups attached to an aromatic ring is 1. The third-order valence-electron chi connectivity index (χ3n) is 2.08. The predicted octanol–water partition coefficient (Wildman–Crippen LogP) is 1.32. The van der Waals surface area contributed by atoms with E-state index in [-0.39, 0.29) is 5.91 Å². The standard InChI is InChI=1S/C11H16BrN3O/c1-15(2)6-5-14-11(16)9-7-8(13)3-4-10(9)12/h3-4,7H,5-6,13H2,1-2H3,(H,14,16). The molecule has 0 saturated carbocycles. The number of likely N-dealkylation sites (N-methyl/N-ethyl adjacent to an activating group) is 1. The molecule has 16 heavy (non-hydrogen) atoms. The average Bonchev–Trinajstić information content (AvgIpc) is 2.21. The predicted molar refractivity (Wildman–Crippen MR) is 69.4 cm³/mol. The van der Waals surface area contributed by atoms with Crippen LogP contribution < -0.4 is 11.1 Å². The van der Waals surface area contributed by atoms with Gasteiger partial charge in [-0.25, -0.2) is 0 Å². The smallest absolute Gasteiger partial charge is 0.252 e. The van der Waals surface area contributed by atoms with Crippen molar-refractivity contribution in [3.8, 4) is 0 Å². The van der Waals surface area contributed by atoms with Crippen LogP contribution in [-0.4, -0.2) is 38.0 Å². The number of nitrogens with two attached hydrogens (primary N) is 1. The second-order valence-electron chi connectivity index (χ2n) is 3.80. The van der Waals surface area contributed by atoms with Crippen LogP contribution in [0.25, 0.3) is 0 Å². The minimum absolute atomic E-state index is 0.110. The molecule has 0 bridgehead atoms. The van der Waals surface area contributed by atoms with Crippen LogP contribution >= 0.6 is 15.9 Å². The number of rotatable bonds is 4. The molecule has 0 spiro atoms. The van der Waals surface area contributed by atoms with Crippen LogP contribution in [0.2, 0.25) is 0 Å². The quantitative estimate of drug-likeness (QED) is 0.821. The topological polar surface area (TPSA) is 58.4 Å². The van der Waals surface area contributed by atoms with Gasteiger partial charge in [-0.3, -0.25) is 4.79 Å². The van der Waals surface area contributed by atoms with Gasteiger partial charge in [-0.2, -0.15) is 0 Å². The maximum Gasteiger partial charge on any atom is 0.252 e. The van der Waals surface area contributed by atoms with Crippen molar-refractivity contribution in [2.75, 3.05) is 32.9 Å². The number of carbonyl (C=O) groups is 1. The van der Waals surface area contributed by atoms with Gasteiger partial charge in [-0.05, 0) is 48.2 Å². The second-order valence-corrected chi connectivity index (χ2v) is 4.65. The summed E-state index contributed by atoms with van der Waals surface area (Å²) in [5.74, 6) is -0.110. The first-order valence-corrected chi connectivity index (χ1v) is 5.78. The summed E-state index contributed by atoms with van der Waals surface area (Å²) in [5.41, 5.74) is 6.79. The molecule has 0 unspecified atom stereocenters. The highest BCUT2D eigenvalue weighted by atomic mass is 79.9. The fourth-order valence-electron chi connectivity index (χ4n) is 1.21. The van der Waals surface area contributed by atoms with Crippen molar-refractivity contribution in [3.05, 3.63) is 28.2 Å². The van der Waals surface area contributed by atoms with E-state index >= 15 is 0 Å². The summed E-state index contributed by atoms with van der Waals surface area (Å²) >= 11 is 3.33. The van der Waals surface area contributed by atoms with Crippen LogP contribution in [-0.2, 0) is 0 Å². The molecule has 5 heteroatoms. The van der Waals surface area contributed by atoms with Crippen LogP contribution in [0.4, 0.5) is 5.69 Å². The van der Waals surface area contributed by atoms with Gasteiger partial charge in [0.2, 0.25) is 0 Å². The molecule has 0 heterocycles. The van der Waals surface area contributed by atoms with Crippen molar-refractivity contribution in [1.29, 1.82) is 0 Å². The lowest BCUT2D eigenvalue weighted by atomic mass is 10.2. The van der Waals surface area contributed by atoms with E-state index in [9.17, 15) is 4.79 Å². The zero-order valence-electron chi connectivity index (χ0n) is 9.46. The summed E-state index contributed by atoms with van der Waals surface area (Å²) in [5, 5.41) is 2.83. The van der Waals surface area contributed by atoms with Gasteiger partial charge in [0, 0.05) is 23.2 Å². The molecule has 0 aliphatic carbocycles. The minimum Gasteiger partial charge on any atom is -0.399 e. The first-order valence-electron chi connectivity index (χ1n) is 4.98. The van der Waals surface area contributed by atoms with Gasteiger partial charge < -0.3 is 16.0 Å². The van der Waals surface area contributed by atoms with Crippen molar-refractivity contribution in [2.45, 2.75) is 0 Å². The van der Waals surface area contributed by atoms with Gasteiger partial charge in [0.05, 0.1) is 5.56 Å². The highest BCUT2D eigenvalue weighted by Crippen LogP contribution is 2.19. The Morgan fingerprint density at radius 2 is 2.19 bits per heavy atom. The van der Waals surface area contributed by atoms with E-state index in [1.54, 1.807) is 18.2 Å². The Bertz CT molecular complexity index is 379. The largest absolute Gasteiger partial charge is 0.399 e. The van der Waals surface area contributed by atoms with Crippen LogP contribution in [0.15, 0.2) is 22.7 Å². The Hall–Kier alpha value is -1.07. The molecule has 0 saturated heterocycles. The lowest BCUT2D eigenvalue weighted by Gasteiger charge is -2.11. The maximum absolute atomic E-state index is 11.8. The molecule has 0 aromatic heterocycles. The highest BCUT2D eigenvalue weighted by Gasteiger charge is 2.09. The van der Waals surface area contributed by atoms with E-state index < -0.39 is 0 Å². The number of hydrogen-bond donors (Lipinski definition) is 2. The van der Waals surface area contributed by atoms with Gasteiger partial charge in [0.15, 0.2) is 0 Å². The van der Waals surface area contributed by atoms with E-state index in [1.807, 2.05) is 19.0 Å². The lowest BCUT2D eigenvalue weighted by Crippen LogP contribution is -2.31. The Morgan fingerprint density at radius 3 is 2.81 bits per heavy atom. The molecule has 1 rings (SSSR count). The first-order chi connectivity index (χ1) is 7.50. The van der Waals surface area contributed by atoms with Crippen LogP contribution in [0.1, 0.15) is 10.4 Å². The average molecular weight is 286 g/mol. The monoisotopic (exact) mass is 285 g/mol. The number of nitrogens with zero attached hydrogens (tertiary/aromatic N) is 1. The van der Waals surface area contributed by atoms with Crippen molar-refractivity contribution in [1.82, 2.24) is 10.2 Å². The zero-order chi connectivity index (χ0) is 12.1. The summed E-state index contributed by atoms with van der Waals surface area (Å²) in [6.07, 6.45) is 0. The van der Waals surface area contributed by atoms with Gasteiger partial charge in [-0.1, -0.05) is 0 Å². The Kier molecular flexibility index (Phi) is 4.76. The van der Waals surface area contributed by atoms with Crippen LogP contribution in [0, 0.1) is 0 Å². The summed E-state index contributed by atoms with van der Waals surface area (Å²) in [7, 11) is 3.92. The molecule has 0 radical (unpaired) electrons. The molecule has 4 nitrogen and oxygen atoms in total. The maximum atomic E-state index is 11.8. The molecule has 0 fully saturated rings. The molecule has 0 atom stereocenters. The van der Waals surface area contributed by atoms with Gasteiger partial charge in [0.25, 0.3) is 5.91 Å². The normalized spacial score (nSPS) is 10.5. The number of carbonyl (C=O) groups excluding carboxylic acids is 1. The molecule has 1 aromatic rings. The summed E-state index contributed by atoms with van der Waals surface area (Å²) in [4.78, 5) is 13.8. The third kappa shape index (κ3) is 3.83. The molecule has 1 aromatic carbocycles. The van der Waals surface area contributed by atoms with Crippen molar-refractivity contribution < 1.29 is 4.79 Å². The van der Waals surface area contributed by atoms with E-state index in [4.69, 9.17) is 5.73 Å². The van der Waals surface area contributed by atoms with E-state index in [1.165, 1.54) is 0 Å². The van der Waals surface area contributed by atoms with Crippen molar-refractivity contribution in [2.24, 2.45) is 0 Å². The van der Waals surface area contributed by atoms with E-state index in [0.29, 0.717) is 17.8 Å². The molecular weight excluding hydrogens is 270 g/mol. The Balaban J connectivity index is 2.62. The summed E-state index contributed by atoms with van der Waals surface area (Å²) in [6.45, 7) is 1.43. The molecule has 1 amide bonds. The third-order valence-corrected chi connectivity index (χ3v) is 2.77. The van der Waals surface area contributed by atoms with E-state index in [2.05, 4.69) is 21.2 Å².